The van der Waals surface area contributed by atoms with Gasteiger partial charge in [-0.1, -0.05) is 12.1 Å². The van der Waals surface area contributed by atoms with Crippen LogP contribution < -0.4 is 32.3 Å². The first-order valence-corrected chi connectivity index (χ1v) is 23.3. The molecule has 3 rings (SSSR count). The molecule has 0 saturated carbocycles. The summed E-state index contributed by atoms with van der Waals surface area (Å²) in [6.07, 6.45) is -1.06. The topological polar surface area (TPSA) is 427 Å². The number of carboxylic acids is 3. The van der Waals surface area contributed by atoms with Gasteiger partial charge in [-0.05, 0) is 49.9 Å². The lowest BCUT2D eigenvalue weighted by Gasteiger charge is -2.25. The summed E-state index contributed by atoms with van der Waals surface area (Å²) in [5.41, 5.74) is 6.49. The van der Waals surface area contributed by atoms with Crippen LogP contribution in [-0.2, 0) is 49.7 Å². The number of nitrogens with zero attached hydrogens (tertiary/aromatic N) is 6. The van der Waals surface area contributed by atoms with Gasteiger partial charge in [-0.2, -0.15) is 0 Å². The van der Waals surface area contributed by atoms with Gasteiger partial charge in [0.2, 0.25) is 29.5 Å². The number of hydrogen-bond donors (Lipinski definition) is 13. The average molecular weight is 1040 g/mol. The molecule has 14 N–H and O–H groups in total. The van der Waals surface area contributed by atoms with Crippen LogP contribution in [0.3, 0.4) is 0 Å². The van der Waals surface area contributed by atoms with Crippen molar-refractivity contribution >= 4 is 72.9 Å². The van der Waals surface area contributed by atoms with Crippen molar-refractivity contribution in [2.45, 2.75) is 69.2 Å². The number of aliphatic hydroxyl groups is 1. The Morgan fingerprint density at radius 2 is 1.33 bits per heavy atom. The summed E-state index contributed by atoms with van der Waals surface area (Å²) >= 11 is 0. The number of guanidine groups is 1. The van der Waals surface area contributed by atoms with E-state index in [0.29, 0.717) is 64.2 Å². The van der Waals surface area contributed by atoms with Gasteiger partial charge in [0.15, 0.2) is 5.96 Å². The molecule has 0 radical (unpaired) electrons. The van der Waals surface area contributed by atoms with Gasteiger partial charge in [0.25, 0.3) is 12.4 Å². The van der Waals surface area contributed by atoms with Crippen LogP contribution in [0.5, 0.6) is 0 Å². The van der Waals surface area contributed by atoms with Crippen molar-refractivity contribution in [1.29, 1.82) is 0 Å². The zero-order valence-electron chi connectivity index (χ0n) is 40.9. The highest BCUT2D eigenvalue weighted by Gasteiger charge is 2.41. The number of amides is 6. The lowest BCUT2D eigenvalue weighted by molar-refractivity contribution is -0.141. The van der Waals surface area contributed by atoms with E-state index in [9.17, 15) is 73.6 Å². The number of nitrogens with one attached hydrogen (secondary N) is 5. The van der Waals surface area contributed by atoms with Gasteiger partial charge < -0.3 is 82.6 Å². The first kappa shape index (κ1) is 62.1. The summed E-state index contributed by atoms with van der Waals surface area (Å²) in [5.74, 6) is -8.47. The van der Waals surface area contributed by atoms with Crippen molar-refractivity contribution in [1.82, 2.24) is 51.1 Å². The lowest BCUT2D eigenvalue weighted by Crippen LogP contribution is -2.52. The molecule has 0 spiro atoms. The summed E-state index contributed by atoms with van der Waals surface area (Å²) in [4.78, 5) is 133. The van der Waals surface area contributed by atoms with Gasteiger partial charge in [0, 0.05) is 85.0 Å². The molecule has 30 heteroatoms. The van der Waals surface area contributed by atoms with Gasteiger partial charge in [0.1, 0.15) is 12.1 Å². The van der Waals surface area contributed by atoms with E-state index in [-0.39, 0.29) is 70.0 Å². The van der Waals surface area contributed by atoms with E-state index in [0.717, 1.165) is 4.90 Å². The highest BCUT2D eigenvalue weighted by atomic mass is 16.4. The molecule has 2 saturated heterocycles. The van der Waals surface area contributed by atoms with E-state index in [1.807, 2.05) is 4.90 Å². The molecule has 2 aliphatic rings. The third kappa shape index (κ3) is 24.8. The molecule has 29 nitrogen and oxygen atoms in total. The Labute approximate surface area is 421 Å². The van der Waals surface area contributed by atoms with Crippen LogP contribution >= 0.6 is 0 Å². The van der Waals surface area contributed by atoms with Crippen molar-refractivity contribution in [2.24, 2.45) is 10.7 Å². The Bertz CT molecular complexity index is 2020. The van der Waals surface area contributed by atoms with E-state index < -0.39 is 104 Å². The van der Waals surface area contributed by atoms with Gasteiger partial charge in [0.05, 0.1) is 44.6 Å². The fourth-order valence-corrected chi connectivity index (χ4v) is 7.51. The predicted molar refractivity (Wildman–Crippen MR) is 258 cm³/mol. The molecule has 6 amide bonds. The first-order valence-electron chi connectivity index (χ1n) is 23.3. The molecular formula is C43H69BN12O17. The van der Waals surface area contributed by atoms with Crippen LogP contribution in [0.2, 0.25) is 0 Å². The fraction of sp³-hybridized carbons (Fsp3) is 0.605. The normalized spacial score (nSPS) is 17.4. The van der Waals surface area contributed by atoms with Crippen molar-refractivity contribution in [2.75, 3.05) is 99.2 Å². The molecule has 1 aromatic carbocycles. The minimum absolute atomic E-state index is 0.0100. The summed E-state index contributed by atoms with van der Waals surface area (Å²) in [6, 6.07) is 3.08. The molecular weight excluding hydrogens is 967 g/mol. The Hall–Kier alpha value is -6.99. The van der Waals surface area contributed by atoms with Crippen LogP contribution in [0, 0.1) is 0 Å². The zero-order valence-corrected chi connectivity index (χ0v) is 40.9. The van der Waals surface area contributed by atoms with Gasteiger partial charge in [-0.25, -0.2) is 0 Å². The third-order valence-electron chi connectivity index (χ3n) is 11.4. The van der Waals surface area contributed by atoms with Crippen molar-refractivity contribution in [3.63, 3.8) is 0 Å². The fourth-order valence-electron chi connectivity index (χ4n) is 7.51. The maximum Gasteiger partial charge on any atom is 0.475 e. The number of aliphatic carboxylic acids is 3. The Balaban J connectivity index is 0.00000593. The zero-order chi connectivity index (χ0) is 54.6. The number of aliphatic imine (C=N–C) groups is 1. The van der Waals surface area contributed by atoms with Crippen molar-refractivity contribution < 1.29 is 83.5 Å². The second-order valence-corrected chi connectivity index (χ2v) is 17.2. The second-order valence-electron chi connectivity index (χ2n) is 17.2. The third-order valence-corrected chi connectivity index (χ3v) is 11.4. The minimum atomic E-state index is -1.87. The first-order chi connectivity index (χ1) is 34.5. The largest absolute Gasteiger partial charge is 0.483 e. The standard InChI is InChI=1S/C42H67BN12O15.CH2O2/c1-51(2)42(44)45-11-3-5-30(49-33(57)6-4-12-52-13-15-53(25-37(62)63)17-18-54(16-14-52)26-38(64)65)40(67)47-22-34(58)50-31(20-36(60)61)41(68)46-21-27-7-9-28(10-8-27)39(66)48-23-35(59)55-24-29(56)19-32(55)43(69)70;2-1-3/h7-10,29-32,56,69-70H,3-6,11-26H2,1-2H3,(H2,44,45)(H,46,68)(H,47,67)(H,48,66)(H,49,57)(H,50,58)(H,60,61)(H,62,63)(H,64,65);1H,(H,2,3)/t29?,30?,31-,32?;/m0./s1. The lowest BCUT2D eigenvalue weighted by atomic mass is 9.77. The smallest absolute Gasteiger partial charge is 0.475 e. The number of carbonyl (C=O) groups is 10. The van der Waals surface area contributed by atoms with Crippen LogP contribution in [0.1, 0.15) is 54.4 Å². The molecule has 4 atom stereocenters. The quantitative estimate of drug-likeness (QED) is 0.0135. The maximum atomic E-state index is 13.4. The number of likely N-dealkylation sites (tertiary alicyclic amines) is 1. The van der Waals surface area contributed by atoms with Gasteiger partial charge >= 0.3 is 25.0 Å². The van der Waals surface area contributed by atoms with E-state index >= 15 is 0 Å². The molecule has 1 aromatic rings. The van der Waals surface area contributed by atoms with Crippen LogP contribution in [0.4, 0.5) is 0 Å². The molecule has 0 aromatic heterocycles. The van der Waals surface area contributed by atoms with Crippen molar-refractivity contribution in [3.05, 3.63) is 35.4 Å². The average Bonchev–Trinajstić information content (AvgIpc) is 3.76. The predicted octanol–water partition coefficient (Wildman–Crippen LogP) is -6.21. The van der Waals surface area contributed by atoms with Crippen molar-refractivity contribution in [3.8, 4) is 0 Å². The van der Waals surface area contributed by atoms with E-state index in [4.69, 9.17) is 15.6 Å². The Morgan fingerprint density at radius 1 is 0.781 bits per heavy atom. The number of hydrogen-bond acceptors (Lipinski definition) is 17. The molecule has 2 fully saturated rings. The highest BCUT2D eigenvalue weighted by Crippen LogP contribution is 2.19. The van der Waals surface area contributed by atoms with Crippen LogP contribution in [0.25, 0.3) is 0 Å². The number of rotatable bonds is 26. The number of nitrogens with two attached hydrogens (primary N) is 1. The summed E-state index contributed by atoms with van der Waals surface area (Å²) in [6.45, 7) is 1.06. The number of aliphatic hydroxyl groups excluding tert-OH is 1. The molecule has 2 aliphatic heterocycles. The molecule has 2 heterocycles. The molecule has 406 valence electrons. The van der Waals surface area contributed by atoms with Gasteiger partial charge in [-0.3, -0.25) is 62.7 Å². The Morgan fingerprint density at radius 3 is 1.86 bits per heavy atom. The summed E-state index contributed by atoms with van der Waals surface area (Å²) in [5, 5.41) is 76.3. The summed E-state index contributed by atoms with van der Waals surface area (Å²) < 4.78 is 0. The van der Waals surface area contributed by atoms with E-state index in [1.54, 1.807) is 28.8 Å². The second kappa shape index (κ2) is 32.9. The van der Waals surface area contributed by atoms with Gasteiger partial charge in [-0.15, -0.1) is 0 Å². The number of carboxylic acid groups (broad SMARTS) is 4. The highest BCUT2D eigenvalue weighted by molar-refractivity contribution is 6.43. The number of benzene rings is 1. The molecule has 3 unspecified atom stereocenters. The molecule has 0 bridgehead atoms. The Kier molecular flexibility index (Phi) is 28.0. The number of β-amino-alcohol motifs (C(OH)–C–C–N with tert-alkyl or cyclic N) is 1. The summed E-state index contributed by atoms with van der Waals surface area (Å²) in [7, 11) is 1.53. The maximum absolute atomic E-state index is 13.4. The van der Waals surface area contributed by atoms with Crippen LogP contribution in [0.15, 0.2) is 29.3 Å². The minimum Gasteiger partial charge on any atom is -0.483 e. The molecule has 0 aliphatic carbocycles. The van der Waals surface area contributed by atoms with Crippen LogP contribution in [-0.4, -0.2) is 256 Å². The monoisotopic (exact) mass is 1040 g/mol. The van der Waals surface area contributed by atoms with E-state index in [2.05, 4.69) is 31.6 Å². The van der Waals surface area contributed by atoms with E-state index in [1.165, 1.54) is 24.3 Å². The number of carbonyl (C=O) groups excluding carboxylic acids is 6. The SMILES string of the molecule is CN(C)C(N)=NCCCC(NC(=O)CCCN1CCN(CC(=O)O)CCN(CC(=O)O)CC1)C(=O)NCC(=O)N[C@@H](CC(=O)O)C(=O)NCc1ccc(C(=O)NCC(=O)N2CC(O)CC2B(O)O)cc1.O=CO. The molecule has 73 heavy (non-hydrogen) atoms.